The molecule has 0 rings (SSSR count). The molecule has 0 fully saturated rings. The Hall–Kier alpha value is -0.700. The fourth-order valence-corrected chi connectivity index (χ4v) is 0.317. The summed E-state index contributed by atoms with van der Waals surface area (Å²) in [5.74, 6) is -0.361. The van der Waals surface area contributed by atoms with E-state index in [1.165, 1.54) is 6.92 Å². The Balaban J connectivity index is 3.39. The maximum atomic E-state index is 10.2. The topological polar surface area (TPSA) is 49.7 Å². The highest BCUT2D eigenvalue weighted by Crippen LogP contribution is 1.89. The highest BCUT2D eigenvalue weighted by atomic mass is 16.3. The number of hydrogen-bond donors (Lipinski definition) is 1. The van der Waals surface area contributed by atoms with Crippen LogP contribution < -0.4 is 0 Å². The van der Waals surface area contributed by atoms with Crippen molar-refractivity contribution in [2.75, 3.05) is 0 Å². The maximum Gasteiger partial charge on any atom is 0.247 e. The molecule has 0 saturated carbocycles. The summed E-state index contributed by atoms with van der Waals surface area (Å²) in [6.45, 7) is 4.53. The van der Waals surface area contributed by atoms with Gasteiger partial charge in [0.25, 0.3) is 0 Å². The molecule has 3 nitrogen and oxygen atoms in total. The normalized spacial score (nSPS) is 12.8. The summed E-state index contributed by atoms with van der Waals surface area (Å²) in [4.78, 5) is 13.3. The smallest absolute Gasteiger partial charge is 0.247 e. The fourth-order valence-electron chi connectivity index (χ4n) is 0.317. The van der Waals surface area contributed by atoms with Crippen LogP contribution in [0.4, 0.5) is 0 Å². The van der Waals surface area contributed by atoms with Crippen LogP contribution in [-0.4, -0.2) is 23.8 Å². The van der Waals surface area contributed by atoms with Gasteiger partial charge in [-0.05, 0) is 13.6 Å². The van der Waals surface area contributed by atoms with E-state index >= 15 is 0 Å². The highest BCUT2D eigenvalue weighted by molar-refractivity contribution is 5.80. The number of hydrogen-bond acceptors (Lipinski definition) is 2. The van der Waals surface area contributed by atoms with E-state index in [0.29, 0.717) is 0 Å². The summed E-state index contributed by atoms with van der Waals surface area (Å²) >= 11 is 0. The Bertz CT molecular complexity index is 98.6. The molecule has 0 aliphatic rings. The summed E-state index contributed by atoms with van der Waals surface area (Å²) in [7, 11) is 0. The Morgan fingerprint density at radius 3 is 2.62 bits per heavy atom. The molecule has 0 heterocycles. The van der Waals surface area contributed by atoms with Gasteiger partial charge in [0, 0.05) is 0 Å². The molecule has 1 unspecified atom stereocenters. The van der Waals surface area contributed by atoms with E-state index in [2.05, 4.69) is 11.7 Å². The minimum atomic E-state index is -0.604. The van der Waals surface area contributed by atoms with E-state index in [1.807, 2.05) is 0 Å². The molecule has 0 aromatic carbocycles. The van der Waals surface area contributed by atoms with Crippen LogP contribution in [-0.2, 0) is 4.79 Å². The van der Waals surface area contributed by atoms with Crippen molar-refractivity contribution in [3.63, 3.8) is 0 Å². The molecule has 1 amide bonds. The lowest BCUT2D eigenvalue weighted by Crippen LogP contribution is -2.05. The first-order valence-electron chi connectivity index (χ1n) is 2.34. The molecule has 3 heteroatoms. The lowest BCUT2D eigenvalue weighted by molar-refractivity contribution is -0.119. The molecule has 0 radical (unpaired) electrons. The summed E-state index contributed by atoms with van der Waals surface area (Å²) in [5, 5.41) is 8.55. The van der Waals surface area contributed by atoms with Crippen LogP contribution in [0.3, 0.4) is 0 Å². The van der Waals surface area contributed by atoms with Gasteiger partial charge < -0.3 is 5.11 Å². The summed E-state index contributed by atoms with van der Waals surface area (Å²) in [5.41, 5.74) is 0. The first kappa shape index (κ1) is 7.30. The van der Waals surface area contributed by atoms with Gasteiger partial charge in [0.15, 0.2) is 0 Å². The minimum absolute atomic E-state index is 0.0729. The summed E-state index contributed by atoms with van der Waals surface area (Å²) in [6, 6.07) is 0. The molecule has 0 aromatic heterocycles. The third-order valence-electron chi connectivity index (χ3n) is 0.646. The van der Waals surface area contributed by atoms with Crippen molar-refractivity contribution in [1.82, 2.24) is 0 Å². The Morgan fingerprint density at radius 2 is 2.50 bits per heavy atom. The van der Waals surface area contributed by atoms with E-state index in [0.717, 1.165) is 0 Å². The summed E-state index contributed by atoms with van der Waals surface area (Å²) < 4.78 is 0. The second kappa shape index (κ2) is 3.32. The van der Waals surface area contributed by atoms with Crippen molar-refractivity contribution in [2.45, 2.75) is 19.4 Å². The Morgan fingerprint density at radius 1 is 2.00 bits per heavy atom. The van der Waals surface area contributed by atoms with Crippen LogP contribution in [0.1, 0.15) is 13.3 Å². The van der Waals surface area contributed by atoms with E-state index in [-0.39, 0.29) is 12.3 Å². The number of rotatable bonds is 2. The van der Waals surface area contributed by atoms with Gasteiger partial charge >= 0.3 is 0 Å². The fraction of sp³-hybridized carbons (Fsp3) is 0.600. The largest absolute Gasteiger partial charge is 0.393 e. The van der Waals surface area contributed by atoms with Crippen molar-refractivity contribution in [3.05, 3.63) is 0 Å². The van der Waals surface area contributed by atoms with Gasteiger partial charge in [-0.15, -0.1) is 0 Å². The molecule has 8 heavy (non-hydrogen) atoms. The monoisotopic (exact) mass is 115 g/mol. The molecule has 0 saturated heterocycles. The maximum absolute atomic E-state index is 10.2. The van der Waals surface area contributed by atoms with Gasteiger partial charge in [0.2, 0.25) is 5.91 Å². The zero-order valence-corrected chi connectivity index (χ0v) is 4.79. The van der Waals surface area contributed by atoms with Crippen LogP contribution in [0.5, 0.6) is 0 Å². The molecule has 0 spiro atoms. The predicted molar refractivity (Wildman–Crippen MR) is 30.9 cm³/mol. The standard InChI is InChI=1S/C5H9NO2/c1-4(7)3-5(8)6-2/h4,7H,2-3H2,1H3. The van der Waals surface area contributed by atoms with Crippen LogP contribution in [0, 0.1) is 0 Å². The molecule has 0 aliphatic carbocycles. The first-order chi connectivity index (χ1) is 3.66. The third kappa shape index (κ3) is 3.49. The lowest BCUT2D eigenvalue weighted by atomic mass is 10.3. The Labute approximate surface area is 48.1 Å². The van der Waals surface area contributed by atoms with Gasteiger partial charge in [0.1, 0.15) is 0 Å². The van der Waals surface area contributed by atoms with Crippen molar-refractivity contribution in [2.24, 2.45) is 4.99 Å². The van der Waals surface area contributed by atoms with Crippen molar-refractivity contribution >= 4 is 12.6 Å². The van der Waals surface area contributed by atoms with E-state index in [1.54, 1.807) is 0 Å². The number of nitrogens with zero attached hydrogens (tertiary/aromatic N) is 1. The van der Waals surface area contributed by atoms with Crippen LogP contribution in [0.2, 0.25) is 0 Å². The van der Waals surface area contributed by atoms with Crippen LogP contribution in [0.15, 0.2) is 4.99 Å². The average molecular weight is 115 g/mol. The Kier molecular flexibility index (Phi) is 3.03. The zero-order chi connectivity index (χ0) is 6.57. The molecule has 0 bridgehead atoms. The van der Waals surface area contributed by atoms with Crippen LogP contribution >= 0.6 is 0 Å². The number of aliphatic imine (C=N–C) groups is 1. The van der Waals surface area contributed by atoms with Gasteiger partial charge in [-0.2, -0.15) is 0 Å². The highest BCUT2D eigenvalue weighted by Gasteiger charge is 2.00. The summed E-state index contributed by atoms with van der Waals surface area (Å²) in [6.07, 6.45) is -0.531. The van der Waals surface area contributed by atoms with E-state index in [9.17, 15) is 4.79 Å². The number of amides is 1. The quantitative estimate of drug-likeness (QED) is 0.514. The number of carbonyl (C=O) groups is 1. The van der Waals surface area contributed by atoms with Gasteiger partial charge in [-0.3, -0.25) is 4.79 Å². The van der Waals surface area contributed by atoms with E-state index < -0.39 is 6.10 Å². The van der Waals surface area contributed by atoms with Crippen molar-refractivity contribution in [1.29, 1.82) is 0 Å². The number of aliphatic hydroxyl groups is 1. The lowest BCUT2D eigenvalue weighted by Gasteiger charge is -1.95. The molecular formula is C5H9NO2. The third-order valence-corrected chi connectivity index (χ3v) is 0.646. The predicted octanol–water partition coefficient (Wildman–Crippen LogP) is -0.0155. The number of aliphatic hydroxyl groups excluding tert-OH is 1. The molecular weight excluding hydrogens is 106 g/mol. The second-order valence-electron chi connectivity index (χ2n) is 1.60. The SMILES string of the molecule is C=NC(=O)CC(C)O. The molecule has 46 valence electrons. The molecule has 0 aromatic rings. The van der Waals surface area contributed by atoms with Crippen molar-refractivity contribution in [3.8, 4) is 0 Å². The molecule has 0 aliphatic heterocycles. The van der Waals surface area contributed by atoms with Gasteiger partial charge in [0.05, 0.1) is 12.5 Å². The average Bonchev–Trinajstić information content (AvgIpc) is 1.65. The first-order valence-corrected chi connectivity index (χ1v) is 2.34. The van der Waals surface area contributed by atoms with Crippen LogP contribution in [0.25, 0.3) is 0 Å². The molecule has 1 atom stereocenters. The van der Waals surface area contributed by atoms with Gasteiger partial charge in [-0.1, -0.05) is 0 Å². The van der Waals surface area contributed by atoms with E-state index in [4.69, 9.17) is 5.11 Å². The van der Waals surface area contributed by atoms with Crippen molar-refractivity contribution < 1.29 is 9.90 Å². The second-order valence-corrected chi connectivity index (χ2v) is 1.60. The number of carbonyl (C=O) groups excluding carboxylic acids is 1. The zero-order valence-electron chi connectivity index (χ0n) is 4.79. The molecule has 1 N–H and O–H groups in total. The van der Waals surface area contributed by atoms with Gasteiger partial charge in [-0.25, -0.2) is 4.99 Å². The minimum Gasteiger partial charge on any atom is -0.393 e.